The molecule has 0 aromatic heterocycles. The summed E-state index contributed by atoms with van der Waals surface area (Å²) in [4.78, 5) is 29.3. The van der Waals surface area contributed by atoms with E-state index in [4.69, 9.17) is 9.47 Å². The molecular formula is C24H15Br2NO4. The van der Waals surface area contributed by atoms with Gasteiger partial charge in [-0.1, -0.05) is 49.6 Å². The van der Waals surface area contributed by atoms with Crippen molar-refractivity contribution in [3.8, 4) is 5.75 Å². The van der Waals surface area contributed by atoms with Crippen LogP contribution in [0.5, 0.6) is 5.75 Å². The van der Waals surface area contributed by atoms with Crippen LogP contribution in [-0.2, 0) is 9.53 Å². The molecular weight excluding hydrogens is 526 g/mol. The van der Waals surface area contributed by atoms with Crippen molar-refractivity contribution in [3.05, 3.63) is 104 Å². The van der Waals surface area contributed by atoms with Crippen LogP contribution in [0.2, 0.25) is 0 Å². The van der Waals surface area contributed by atoms with Crippen LogP contribution in [0.15, 0.2) is 86.4 Å². The van der Waals surface area contributed by atoms with Gasteiger partial charge in [0.1, 0.15) is 5.75 Å². The average Bonchev–Trinajstić information content (AvgIpc) is 3.11. The molecule has 0 spiro atoms. The lowest BCUT2D eigenvalue weighted by Gasteiger charge is -2.08. The number of cyclic esters (lactones) is 1. The van der Waals surface area contributed by atoms with Crippen molar-refractivity contribution in [2.75, 3.05) is 0 Å². The lowest BCUT2D eigenvalue weighted by atomic mass is 10.1. The first-order valence-corrected chi connectivity index (χ1v) is 10.8. The molecule has 3 aromatic rings. The van der Waals surface area contributed by atoms with Crippen molar-refractivity contribution in [1.29, 1.82) is 0 Å². The molecule has 0 saturated carbocycles. The number of ether oxygens (including phenoxy) is 2. The van der Waals surface area contributed by atoms with Crippen LogP contribution >= 0.6 is 31.9 Å². The molecule has 7 heteroatoms. The Labute approximate surface area is 195 Å². The van der Waals surface area contributed by atoms with Gasteiger partial charge in [0.25, 0.3) is 0 Å². The normalized spacial score (nSPS) is 14.4. The van der Waals surface area contributed by atoms with Crippen molar-refractivity contribution >= 4 is 55.8 Å². The molecule has 0 unspecified atom stereocenters. The van der Waals surface area contributed by atoms with Crippen molar-refractivity contribution in [3.63, 3.8) is 0 Å². The minimum Gasteiger partial charge on any atom is -0.422 e. The van der Waals surface area contributed by atoms with Crippen LogP contribution in [-0.4, -0.2) is 17.8 Å². The third-order valence-electron chi connectivity index (χ3n) is 4.43. The Morgan fingerprint density at radius 1 is 1.00 bits per heavy atom. The summed E-state index contributed by atoms with van der Waals surface area (Å²) in [5, 5.41) is 0. The highest BCUT2D eigenvalue weighted by Crippen LogP contribution is 2.28. The van der Waals surface area contributed by atoms with E-state index >= 15 is 0 Å². The van der Waals surface area contributed by atoms with Gasteiger partial charge in [0.2, 0.25) is 5.90 Å². The predicted octanol–water partition coefficient (Wildman–Crippen LogP) is 6.08. The van der Waals surface area contributed by atoms with E-state index in [1.807, 2.05) is 31.2 Å². The highest BCUT2D eigenvalue weighted by molar-refractivity contribution is 9.10. The predicted molar refractivity (Wildman–Crippen MR) is 125 cm³/mol. The Morgan fingerprint density at radius 3 is 2.48 bits per heavy atom. The second-order valence-electron chi connectivity index (χ2n) is 6.78. The molecule has 4 rings (SSSR count). The fraction of sp³-hybridized carbons (Fsp3) is 0.0417. The fourth-order valence-corrected chi connectivity index (χ4v) is 3.57. The summed E-state index contributed by atoms with van der Waals surface area (Å²) in [5.74, 6) is -0.534. The zero-order valence-electron chi connectivity index (χ0n) is 16.3. The van der Waals surface area contributed by atoms with Crippen LogP contribution in [0.1, 0.15) is 27.0 Å². The maximum Gasteiger partial charge on any atom is 0.363 e. The monoisotopic (exact) mass is 539 g/mol. The van der Waals surface area contributed by atoms with E-state index in [1.165, 1.54) is 0 Å². The van der Waals surface area contributed by atoms with E-state index in [-0.39, 0.29) is 11.6 Å². The largest absolute Gasteiger partial charge is 0.422 e. The van der Waals surface area contributed by atoms with Gasteiger partial charge in [-0.3, -0.25) is 0 Å². The second kappa shape index (κ2) is 8.99. The van der Waals surface area contributed by atoms with Gasteiger partial charge in [-0.15, -0.1) is 0 Å². The zero-order chi connectivity index (χ0) is 22.0. The van der Waals surface area contributed by atoms with E-state index in [2.05, 4.69) is 36.9 Å². The first-order chi connectivity index (χ1) is 14.9. The van der Waals surface area contributed by atoms with Crippen LogP contribution in [0.3, 0.4) is 0 Å². The van der Waals surface area contributed by atoms with Crippen LogP contribution in [0.4, 0.5) is 0 Å². The third-order valence-corrected chi connectivity index (χ3v) is 5.45. The maximum atomic E-state index is 12.5. The van der Waals surface area contributed by atoms with E-state index in [9.17, 15) is 9.59 Å². The Hall–Kier alpha value is -3.03. The average molecular weight is 541 g/mol. The first-order valence-electron chi connectivity index (χ1n) is 9.26. The molecule has 1 aliphatic heterocycles. The van der Waals surface area contributed by atoms with Gasteiger partial charge >= 0.3 is 11.9 Å². The molecule has 0 amide bonds. The van der Waals surface area contributed by atoms with Crippen molar-refractivity contribution in [1.82, 2.24) is 0 Å². The molecule has 1 heterocycles. The summed E-state index contributed by atoms with van der Waals surface area (Å²) < 4.78 is 12.5. The second-order valence-corrected chi connectivity index (χ2v) is 8.62. The Kier molecular flexibility index (Phi) is 6.15. The number of halogens is 2. The SMILES string of the molecule is Cc1cccc(C2=N/C(=C/c3cc(Br)ccc3OC(=O)c3ccc(Br)cc3)C(=O)O2)c1. The summed E-state index contributed by atoms with van der Waals surface area (Å²) in [6.45, 7) is 1.95. The lowest BCUT2D eigenvalue weighted by molar-refractivity contribution is -0.129. The van der Waals surface area contributed by atoms with E-state index < -0.39 is 11.9 Å². The van der Waals surface area contributed by atoms with Gasteiger partial charge in [-0.2, -0.15) is 0 Å². The highest BCUT2D eigenvalue weighted by atomic mass is 79.9. The quantitative estimate of drug-likeness (QED) is 0.228. The minimum absolute atomic E-state index is 0.121. The first kappa shape index (κ1) is 21.2. The smallest absolute Gasteiger partial charge is 0.363 e. The number of hydrogen-bond acceptors (Lipinski definition) is 5. The van der Waals surface area contributed by atoms with Gasteiger partial charge in [-0.05, 0) is 67.6 Å². The van der Waals surface area contributed by atoms with Gasteiger partial charge < -0.3 is 9.47 Å². The molecule has 0 aliphatic carbocycles. The molecule has 0 fully saturated rings. The van der Waals surface area contributed by atoms with Crippen molar-refractivity contribution < 1.29 is 19.1 Å². The highest BCUT2D eigenvalue weighted by Gasteiger charge is 2.25. The number of carbonyl (C=O) groups is 2. The fourth-order valence-electron chi connectivity index (χ4n) is 2.93. The van der Waals surface area contributed by atoms with Crippen LogP contribution in [0.25, 0.3) is 6.08 Å². The summed E-state index contributed by atoms with van der Waals surface area (Å²) in [7, 11) is 0. The van der Waals surface area contributed by atoms with Gasteiger partial charge in [0.15, 0.2) is 5.70 Å². The Morgan fingerprint density at radius 2 is 1.74 bits per heavy atom. The zero-order valence-corrected chi connectivity index (χ0v) is 19.4. The van der Waals surface area contributed by atoms with Crippen molar-refractivity contribution in [2.24, 2.45) is 4.99 Å². The molecule has 0 radical (unpaired) electrons. The number of hydrogen-bond donors (Lipinski definition) is 0. The summed E-state index contributed by atoms with van der Waals surface area (Å²) >= 11 is 6.75. The summed E-state index contributed by atoms with van der Waals surface area (Å²) in [5.41, 5.74) is 2.79. The number of aryl methyl sites for hydroxylation is 1. The van der Waals surface area contributed by atoms with Gasteiger partial charge in [0, 0.05) is 20.1 Å². The topological polar surface area (TPSA) is 65.0 Å². The molecule has 31 heavy (non-hydrogen) atoms. The van der Waals surface area contributed by atoms with Crippen LogP contribution in [0, 0.1) is 6.92 Å². The Balaban J connectivity index is 1.65. The third kappa shape index (κ3) is 5.00. The van der Waals surface area contributed by atoms with Gasteiger partial charge in [0.05, 0.1) is 5.56 Å². The molecule has 3 aromatic carbocycles. The van der Waals surface area contributed by atoms with Crippen molar-refractivity contribution in [2.45, 2.75) is 6.92 Å². The molecule has 0 N–H and O–H groups in total. The number of aliphatic imine (C=N–C) groups is 1. The maximum absolute atomic E-state index is 12.5. The molecule has 5 nitrogen and oxygen atoms in total. The molecule has 154 valence electrons. The number of nitrogens with zero attached hydrogens (tertiary/aromatic N) is 1. The minimum atomic E-state index is -0.568. The van der Waals surface area contributed by atoms with E-state index in [1.54, 1.807) is 48.5 Å². The lowest BCUT2D eigenvalue weighted by Crippen LogP contribution is -2.09. The number of carbonyl (C=O) groups excluding carboxylic acids is 2. The Bertz CT molecular complexity index is 1250. The number of rotatable bonds is 4. The summed E-state index contributed by atoms with van der Waals surface area (Å²) in [6, 6.07) is 19.5. The summed E-state index contributed by atoms with van der Waals surface area (Å²) in [6.07, 6.45) is 1.54. The molecule has 0 saturated heterocycles. The van der Waals surface area contributed by atoms with Crippen LogP contribution < -0.4 is 4.74 Å². The molecule has 0 bridgehead atoms. The number of benzene rings is 3. The van der Waals surface area contributed by atoms with E-state index in [0.29, 0.717) is 22.4 Å². The standard InChI is InChI=1S/C24H15Br2NO4/c1-14-3-2-4-16(11-14)22-27-20(24(29)31-22)13-17-12-19(26)9-10-21(17)30-23(28)15-5-7-18(25)8-6-15/h2-13H,1H3/b20-13+. The molecule has 1 aliphatic rings. The molecule has 0 atom stereocenters. The van der Waals surface area contributed by atoms with E-state index in [0.717, 1.165) is 14.5 Å². The van der Waals surface area contributed by atoms with Gasteiger partial charge in [-0.25, -0.2) is 14.6 Å². The number of esters is 2.